The maximum Gasteiger partial charge on any atom is 0.128 e. The lowest BCUT2D eigenvalue weighted by atomic mass is 10.3. The fraction of sp³-hybridized carbons (Fsp3) is 0.571. The number of hydrogen-bond donors (Lipinski definition) is 2. The van der Waals surface area contributed by atoms with E-state index in [1.807, 2.05) is 0 Å². The number of nitrogens with zero attached hydrogens (tertiary/aromatic N) is 1. The smallest absolute Gasteiger partial charge is 0.128 e. The van der Waals surface area contributed by atoms with E-state index in [1.54, 1.807) is 12.5 Å². The van der Waals surface area contributed by atoms with Gasteiger partial charge in [0.25, 0.3) is 0 Å². The van der Waals surface area contributed by atoms with Crippen LogP contribution in [0.25, 0.3) is 0 Å². The van der Waals surface area contributed by atoms with Gasteiger partial charge in [0.05, 0.1) is 6.20 Å². The Morgan fingerprint density at radius 2 is 2.55 bits per heavy atom. The second kappa shape index (κ2) is 4.87. The third kappa shape index (κ3) is 3.15. The van der Waals surface area contributed by atoms with Gasteiger partial charge in [-0.3, -0.25) is 0 Å². The largest absolute Gasteiger partial charge is 0.396 e. The Bertz CT molecular complexity index is 175. The predicted octanol–water partition coefficient (Wildman–Crippen LogP) is 0.147. The molecule has 1 heterocycles. The van der Waals surface area contributed by atoms with Crippen molar-refractivity contribution in [2.75, 3.05) is 13.2 Å². The molecular weight excluding hydrogens is 144 g/mol. The Hall–Kier alpha value is -0.870. The lowest BCUT2D eigenvalue weighted by Crippen LogP contribution is -2.15. The molecule has 0 aromatic carbocycles. The summed E-state index contributed by atoms with van der Waals surface area (Å²) in [5, 5.41) is 15.1. The van der Waals surface area contributed by atoms with E-state index in [0.29, 0.717) is 0 Å². The average molecular weight is 156 g/mol. The van der Waals surface area contributed by atoms with Crippen LogP contribution < -0.4 is 5.32 Å². The Labute approximate surface area is 65.2 Å². The number of nitrogens with one attached hydrogen (secondary N) is 1. The first-order valence-electron chi connectivity index (χ1n) is 3.63. The van der Waals surface area contributed by atoms with E-state index >= 15 is 0 Å². The summed E-state index contributed by atoms with van der Waals surface area (Å²) in [6, 6.07) is 0. The van der Waals surface area contributed by atoms with Crippen LogP contribution in [0.1, 0.15) is 12.0 Å². The number of hydrogen-bond acceptors (Lipinski definition) is 4. The highest BCUT2D eigenvalue weighted by Gasteiger charge is 1.92. The minimum absolute atomic E-state index is 0.233. The standard InChI is InChI=1S/C7H12N2O2/c10-3-1-2-8-4-7-5-9-11-6-7/h5-6,8,10H,1-4H2. The lowest BCUT2D eigenvalue weighted by molar-refractivity contribution is 0.286. The molecule has 0 saturated carbocycles. The van der Waals surface area contributed by atoms with Crippen molar-refractivity contribution in [3.63, 3.8) is 0 Å². The first-order chi connectivity index (χ1) is 5.43. The summed E-state index contributed by atoms with van der Waals surface area (Å²) in [6.45, 7) is 1.81. The van der Waals surface area contributed by atoms with Crippen LogP contribution in [0.15, 0.2) is 17.0 Å². The van der Waals surface area contributed by atoms with E-state index in [2.05, 4.69) is 15.0 Å². The molecule has 2 N–H and O–H groups in total. The third-order valence-electron chi connectivity index (χ3n) is 1.32. The molecule has 62 valence electrons. The van der Waals surface area contributed by atoms with Crippen molar-refractivity contribution in [1.29, 1.82) is 0 Å². The molecule has 0 saturated heterocycles. The fourth-order valence-electron chi connectivity index (χ4n) is 0.751. The minimum atomic E-state index is 0.233. The summed E-state index contributed by atoms with van der Waals surface area (Å²) >= 11 is 0. The van der Waals surface area contributed by atoms with Gasteiger partial charge in [-0.05, 0) is 13.0 Å². The molecule has 1 rings (SSSR count). The highest BCUT2D eigenvalue weighted by atomic mass is 16.5. The highest BCUT2D eigenvalue weighted by molar-refractivity contribution is 4.98. The zero-order chi connectivity index (χ0) is 7.94. The van der Waals surface area contributed by atoms with Gasteiger partial charge in [-0.1, -0.05) is 5.16 Å². The highest BCUT2D eigenvalue weighted by Crippen LogP contribution is 1.94. The molecule has 0 amide bonds. The van der Waals surface area contributed by atoms with Crippen molar-refractivity contribution >= 4 is 0 Å². The topological polar surface area (TPSA) is 58.3 Å². The van der Waals surface area contributed by atoms with E-state index < -0.39 is 0 Å². The summed E-state index contributed by atoms with van der Waals surface area (Å²) < 4.78 is 4.63. The normalized spacial score (nSPS) is 10.3. The van der Waals surface area contributed by atoms with E-state index in [0.717, 1.165) is 25.1 Å². The number of aromatic nitrogens is 1. The maximum atomic E-state index is 8.45. The number of aliphatic hydroxyl groups excluding tert-OH is 1. The first kappa shape index (κ1) is 8.23. The molecule has 0 aliphatic rings. The maximum absolute atomic E-state index is 8.45. The van der Waals surface area contributed by atoms with Crippen LogP contribution in [0.5, 0.6) is 0 Å². The van der Waals surface area contributed by atoms with Gasteiger partial charge in [-0.25, -0.2) is 0 Å². The molecule has 0 aliphatic heterocycles. The Morgan fingerprint density at radius 3 is 3.18 bits per heavy atom. The van der Waals surface area contributed by atoms with Crippen molar-refractivity contribution in [3.05, 3.63) is 18.0 Å². The predicted molar refractivity (Wildman–Crippen MR) is 39.9 cm³/mol. The van der Waals surface area contributed by atoms with Gasteiger partial charge in [0.2, 0.25) is 0 Å². The van der Waals surface area contributed by atoms with E-state index in [-0.39, 0.29) is 6.61 Å². The third-order valence-corrected chi connectivity index (χ3v) is 1.32. The van der Waals surface area contributed by atoms with Crippen LogP contribution in [0, 0.1) is 0 Å². The monoisotopic (exact) mass is 156 g/mol. The summed E-state index contributed by atoms with van der Waals surface area (Å²) in [4.78, 5) is 0. The average Bonchev–Trinajstić information content (AvgIpc) is 2.50. The Morgan fingerprint density at radius 1 is 1.64 bits per heavy atom. The van der Waals surface area contributed by atoms with Gasteiger partial charge >= 0.3 is 0 Å². The zero-order valence-electron chi connectivity index (χ0n) is 6.29. The molecule has 0 fully saturated rings. The van der Waals surface area contributed by atoms with Crippen molar-refractivity contribution in [2.45, 2.75) is 13.0 Å². The van der Waals surface area contributed by atoms with Crippen LogP contribution in [-0.4, -0.2) is 23.4 Å². The van der Waals surface area contributed by atoms with Gasteiger partial charge in [0.1, 0.15) is 6.26 Å². The zero-order valence-corrected chi connectivity index (χ0v) is 6.29. The van der Waals surface area contributed by atoms with Gasteiger partial charge < -0.3 is 14.9 Å². The van der Waals surface area contributed by atoms with E-state index in [9.17, 15) is 0 Å². The van der Waals surface area contributed by atoms with Crippen LogP contribution in [0.4, 0.5) is 0 Å². The van der Waals surface area contributed by atoms with Gasteiger partial charge in [-0.15, -0.1) is 0 Å². The summed E-state index contributed by atoms with van der Waals surface area (Å²) in [6.07, 6.45) is 4.06. The molecule has 0 radical (unpaired) electrons. The molecule has 1 aromatic heterocycles. The fourth-order valence-corrected chi connectivity index (χ4v) is 0.751. The number of aliphatic hydroxyl groups is 1. The molecule has 0 atom stereocenters. The molecular formula is C7H12N2O2. The molecule has 0 bridgehead atoms. The Balaban J connectivity index is 2.04. The number of rotatable bonds is 5. The van der Waals surface area contributed by atoms with Crippen molar-refractivity contribution in [2.24, 2.45) is 0 Å². The molecule has 4 heteroatoms. The van der Waals surface area contributed by atoms with Gasteiger partial charge in [-0.2, -0.15) is 0 Å². The molecule has 4 nitrogen and oxygen atoms in total. The van der Waals surface area contributed by atoms with Crippen LogP contribution in [0.2, 0.25) is 0 Å². The van der Waals surface area contributed by atoms with Crippen LogP contribution in [-0.2, 0) is 6.54 Å². The van der Waals surface area contributed by atoms with Crippen molar-refractivity contribution < 1.29 is 9.63 Å². The first-order valence-corrected chi connectivity index (χ1v) is 3.63. The lowest BCUT2D eigenvalue weighted by Gasteiger charge is -1.98. The van der Waals surface area contributed by atoms with Gasteiger partial charge in [0.15, 0.2) is 0 Å². The summed E-state index contributed by atoms with van der Waals surface area (Å²) in [5.74, 6) is 0. The van der Waals surface area contributed by atoms with Crippen LogP contribution >= 0.6 is 0 Å². The van der Waals surface area contributed by atoms with Crippen molar-refractivity contribution in [3.8, 4) is 0 Å². The molecule has 0 unspecified atom stereocenters. The molecule has 0 aliphatic carbocycles. The second-order valence-corrected chi connectivity index (χ2v) is 2.29. The summed E-state index contributed by atoms with van der Waals surface area (Å²) in [5.41, 5.74) is 1.03. The van der Waals surface area contributed by atoms with Crippen LogP contribution in [0.3, 0.4) is 0 Å². The minimum Gasteiger partial charge on any atom is -0.396 e. The second-order valence-electron chi connectivity index (χ2n) is 2.29. The van der Waals surface area contributed by atoms with E-state index in [4.69, 9.17) is 5.11 Å². The molecule has 1 aromatic rings. The molecule has 0 spiro atoms. The van der Waals surface area contributed by atoms with Gasteiger partial charge in [0, 0.05) is 18.7 Å². The molecule has 11 heavy (non-hydrogen) atoms. The van der Waals surface area contributed by atoms with Crippen molar-refractivity contribution in [1.82, 2.24) is 10.5 Å². The summed E-state index contributed by atoms with van der Waals surface area (Å²) in [7, 11) is 0. The quantitative estimate of drug-likeness (QED) is 0.596. The van der Waals surface area contributed by atoms with E-state index in [1.165, 1.54) is 0 Å². The Kier molecular flexibility index (Phi) is 3.64. The SMILES string of the molecule is OCCCNCc1cnoc1.